The van der Waals surface area contributed by atoms with E-state index in [2.05, 4.69) is 15.9 Å². The molecule has 1 aromatic carbocycles. The largest absolute Gasteiger partial charge is 0.481 e. The van der Waals surface area contributed by atoms with Crippen molar-refractivity contribution in [1.82, 2.24) is 9.80 Å². The van der Waals surface area contributed by atoms with E-state index in [0.717, 1.165) is 10.0 Å². The normalized spacial score (nSPS) is 17.2. The van der Waals surface area contributed by atoms with E-state index in [9.17, 15) is 14.4 Å². The van der Waals surface area contributed by atoms with E-state index in [-0.39, 0.29) is 31.2 Å². The van der Waals surface area contributed by atoms with Crippen LogP contribution in [0.3, 0.4) is 0 Å². The van der Waals surface area contributed by atoms with Crippen molar-refractivity contribution in [2.24, 2.45) is 5.92 Å². The van der Waals surface area contributed by atoms with Gasteiger partial charge >= 0.3 is 5.97 Å². The molecular formula is C17H21BrN2O4. The fraction of sp³-hybridized carbons (Fsp3) is 0.471. The fourth-order valence-corrected chi connectivity index (χ4v) is 3.30. The summed E-state index contributed by atoms with van der Waals surface area (Å²) in [4.78, 5) is 38.8. The molecule has 7 heteroatoms. The third-order valence-electron chi connectivity index (χ3n) is 4.12. The standard InChI is InChI=1S/C17H21BrN2O4/c1-2-19-11-13(9-15(19)21)17(24)20(7-6-16(22)23)10-12-4-3-5-14(18)8-12/h3-5,8,13H,2,6-7,9-11H2,1H3,(H,22,23). The number of hydrogen-bond acceptors (Lipinski definition) is 3. The Morgan fingerprint density at radius 2 is 2.17 bits per heavy atom. The molecule has 6 nitrogen and oxygen atoms in total. The van der Waals surface area contributed by atoms with Crippen molar-refractivity contribution in [1.29, 1.82) is 0 Å². The van der Waals surface area contributed by atoms with E-state index in [1.165, 1.54) is 0 Å². The lowest BCUT2D eigenvalue weighted by atomic mass is 10.1. The van der Waals surface area contributed by atoms with Crippen LogP contribution < -0.4 is 0 Å². The van der Waals surface area contributed by atoms with Gasteiger partial charge in [-0.3, -0.25) is 14.4 Å². The maximum Gasteiger partial charge on any atom is 0.305 e. The van der Waals surface area contributed by atoms with E-state index in [1.807, 2.05) is 31.2 Å². The topological polar surface area (TPSA) is 77.9 Å². The Labute approximate surface area is 149 Å². The van der Waals surface area contributed by atoms with Crippen LogP contribution in [0.5, 0.6) is 0 Å². The highest BCUT2D eigenvalue weighted by molar-refractivity contribution is 9.10. The van der Waals surface area contributed by atoms with Gasteiger partial charge in [0.25, 0.3) is 0 Å². The molecule has 1 heterocycles. The zero-order chi connectivity index (χ0) is 17.7. The first kappa shape index (κ1) is 18.4. The van der Waals surface area contributed by atoms with Crippen LogP contribution in [0.2, 0.25) is 0 Å². The molecule has 2 amide bonds. The number of halogens is 1. The zero-order valence-corrected chi connectivity index (χ0v) is 15.2. The number of likely N-dealkylation sites (tertiary alicyclic amines) is 1. The first-order chi connectivity index (χ1) is 11.4. The molecule has 1 atom stereocenters. The molecule has 0 radical (unpaired) electrons. The smallest absolute Gasteiger partial charge is 0.305 e. The molecular weight excluding hydrogens is 376 g/mol. The van der Waals surface area contributed by atoms with Crippen LogP contribution in [0.15, 0.2) is 28.7 Å². The second-order valence-corrected chi connectivity index (χ2v) is 6.78. The lowest BCUT2D eigenvalue weighted by Gasteiger charge is -2.25. The Hall–Kier alpha value is -1.89. The molecule has 24 heavy (non-hydrogen) atoms. The van der Waals surface area contributed by atoms with Gasteiger partial charge in [-0.2, -0.15) is 0 Å². The average Bonchev–Trinajstić information content (AvgIpc) is 2.91. The molecule has 1 aliphatic rings. The summed E-state index contributed by atoms with van der Waals surface area (Å²) in [6.45, 7) is 3.36. The van der Waals surface area contributed by atoms with Gasteiger partial charge in [-0.1, -0.05) is 28.1 Å². The maximum absolute atomic E-state index is 12.8. The number of carboxylic acid groups (broad SMARTS) is 1. The van der Waals surface area contributed by atoms with E-state index < -0.39 is 11.9 Å². The third kappa shape index (κ3) is 4.80. The molecule has 1 saturated heterocycles. The van der Waals surface area contributed by atoms with Crippen LogP contribution in [0.1, 0.15) is 25.3 Å². The summed E-state index contributed by atoms with van der Waals surface area (Å²) < 4.78 is 0.902. The molecule has 130 valence electrons. The van der Waals surface area contributed by atoms with Crippen LogP contribution >= 0.6 is 15.9 Å². The highest BCUT2D eigenvalue weighted by Gasteiger charge is 2.35. The highest BCUT2D eigenvalue weighted by atomic mass is 79.9. The van der Waals surface area contributed by atoms with Gasteiger partial charge in [0.05, 0.1) is 12.3 Å². The van der Waals surface area contributed by atoms with Gasteiger partial charge in [0.1, 0.15) is 0 Å². The Morgan fingerprint density at radius 3 is 2.75 bits per heavy atom. The average molecular weight is 397 g/mol. The summed E-state index contributed by atoms with van der Waals surface area (Å²) in [6.07, 6.45) is 0.0899. The van der Waals surface area contributed by atoms with Crippen molar-refractivity contribution in [3.63, 3.8) is 0 Å². The lowest BCUT2D eigenvalue weighted by Crippen LogP contribution is -2.38. The van der Waals surface area contributed by atoms with E-state index >= 15 is 0 Å². The number of carboxylic acids is 1. The predicted molar refractivity (Wildman–Crippen MR) is 92.2 cm³/mol. The highest BCUT2D eigenvalue weighted by Crippen LogP contribution is 2.22. The Bertz CT molecular complexity index is 635. The first-order valence-electron chi connectivity index (χ1n) is 7.93. The van der Waals surface area contributed by atoms with E-state index in [1.54, 1.807) is 9.80 Å². The first-order valence-corrected chi connectivity index (χ1v) is 8.72. The second-order valence-electron chi connectivity index (χ2n) is 5.87. The molecule has 0 aliphatic carbocycles. The summed E-state index contributed by atoms with van der Waals surface area (Å²) in [7, 11) is 0. The fourth-order valence-electron chi connectivity index (χ4n) is 2.85. The van der Waals surface area contributed by atoms with Crippen molar-refractivity contribution in [3.8, 4) is 0 Å². The van der Waals surface area contributed by atoms with E-state index in [4.69, 9.17) is 5.11 Å². The minimum Gasteiger partial charge on any atom is -0.481 e. The van der Waals surface area contributed by atoms with Gasteiger partial charge in [0.15, 0.2) is 0 Å². The van der Waals surface area contributed by atoms with Gasteiger partial charge in [-0.25, -0.2) is 0 Å². The molecule has 0 bridgehead atoms. The summed E-state index contributed by atoms with van der Waals surface area (Å²) in [5.41, 5.74) is 0.916. The zero-order valence-electron chi connectivity index (χ0n) is 13.6. The third-order valence-corrected chi connectivity index (χ3v) is 4.61. The molecule has 2 rings (SSSR count). The van der Waals surface area contributed by atoms with Crippen molar-refractivity contribution >= 4 is 33.7 Å². The van der Waals surface area contributed by atoms with Crippen LogP contribution in [0.4, 0.5) is 0 Å². The van der Waals surface area contributed by atoms with Crippen molar-refractivity contribution < 1.29 is 19.5 Å². The molecule has 1 aromatic rings. The quantitative estimate of drug-likeness (QED) is 0.765. The van der Waals surface area contributed by atoms with Gasteiger partial charge < -0.3 is 14.9 Å². The molecule has 0 spiro atoms. The summed E-state index contributed by atoms with van der Waals surface area (Å²) in [5, 5.41) is 8.93. The minimum absolute atomic E-state index is 0.0171. The predicted octanol–water partition coefficient (Wildman–Crippen LogP) is 2.12. The molecule has 1 fully saturated rings. The molecule has 1 unspecified atom stereocenters. The summed E-state index contributed by atoms with van der Waals surface area (Å²) in [5.74, 6) is -1.50. The number of rotatable bonds is 7. The SMILES string of the molecule is CCN1CC(C(=O)N(CCC(=O)O)Cc2cccc(Br)c2)CC1=O. The minimum atomic E-state index is -0.945. The van der Waals surface area contributed by atoms with Gasteiger partial charge in [0, 0.05) is 37.1 Å². The molecule has 0 aromatic heterocycles. The number of aliphatic carboxylic acids is 1. The van der Waals surface area contributed by atoms with Crippen LogP contribution in [-0.2, 0) is 20.9 Å². The Kier molecular flexibility index (Phi) is 6.36. The van der Waals surface area contributed by atoms with Crippen molar-refractivity contribution in [2.45, 2.75) is 26.3 Å². The van der Waals surface area contributed by atoms with Crippen LogP contribution in [0.25, 0.3) is 0 Å². The molecule has 1 N–H and O–H groups in total. The second kappa shape index (κ2) is 8.28. The monoisotopic (exact) mass is 396 g/mol. The van der Waals surface area contributed by atoms with Crippen LogP contribution in [-0.4, -0.2) is 52.3 Å². The summed E-state index contributed by atoms with van der Waals surface area (Å²) >= 11 is 3.39. The Balaban J connectivity index is 2.11. The maximum atomic E-state index is 12.8. The number of carbonyl (C=O) groups is 3. The van der Waals surface area contributed by atoms with Gasteiger partial charge in [0.2, 0.25) is 11.8 Å². The van der Waals surface area contributed by atoms with Gasteiger partial charge in [-0.05, 0) is 24.6 Å². The molecule has 1 aliphatic heterocycles. The molecule has 0 saturated carbocycles. The number of amides is 2. The number of benzene rings is 1. The number of nitrogens with zero attached hydrogens (tertiary/aromatic N) is 2. The number of hydrogen-bond donors (Lipinski definition) is 1. The van der Waals surface area contributed by atoms with Crippen molar-refractivity contribution in [3.05, 3.63) is 34.3 Å². The summed E-state index contributed by atoms with van der Waals surface area (Å²) in [6, 6.07) is 7.56. The van der Waals surface area contributed by atoms with E-state index in [0.29, 0.717) is 19.6 Å². The Morgan fingerprint density at radius 1 is 1.42 bits per heavy atom. The number of carbonyl (C=O) groups excluding carboxylic acids is 2. The van der Waals surface area contributed by atoms with Crippen molar-refractivity contribution in [2.75, 3.05) is 19.6 Å². The van der Waals surface area contributed by atoms with Crippen LogP contribution in [0, 0.1) is 5.92 Å². The lowest BCUT2D eigenvalue weighted by molar-refractivity contribution is -0.140. The van der Waals surface area contributed by atoms with Gasteiger partial charge in [-0.15, -0.1) is 0 Å².